The van der Waals surface area contributed by atoms with Gasteiger partial charge < -0.3 is 18.9 Å². The molecule has 1 aliphatic heterocycles. The molecule has 15 heteroatoms. The van der Waals surface area contributed by atoms with E-state index in [0.717, 1.165) is 42.6 Å². The maximum Gasteiger partial charge on any atom is 0.480 e. The molecular weight excluding hydrogens is 711 g/mol. The van der Waals surface area contributed by atoms with Crippen molar-refractivity contribution in [1.82, 2.24) is 20.6 Å². The predicted molar refractivity (Wildman–Crippen MR) is 213 cm³/mol. The van der Waals surface area contributed by atoms with Crippen LogP contribution in [0.4, 0.5) is 0 Å². The number of hydrogen-bond acceptors (Lipinski definition) is 10. The first-order chi connectivity index (χ1) is 26.7. The minimum atomic E-state index is -0.296. The summed E-state index contributed by atoms with van der Waals surface area (Å²) in [5.41, 5.74) is 30.0. The highest BCUT2D eigenvalue weighted by Crippen LogP contribution is 2.66. The number of aromatic amines is 1. The van der Waals surface area contributed by atoms with Crippen LogP contribution in [0.3, 0.4) is 0 Å². The van der Waals surface area contributed by atoms with Gasteiger partial charge in [0.25, 0.3) is 0 Å². The number of fused-ring (bicyclic) bond motifs is 6. The van der Waals surface area contributed by atoms with Crippen LogP contribution in [-0.4, -0.2) is 52.0 Å². The lowest BCUT2D eigenvalue weighted by molar-refractivity contribution is -0.120. The molecule has 56 heavy (non-hydrogen) atoms. The topological polar surface area (TPSA) is 214 Å². The Labute approximate surface area is 328 Å². The summed E-state index contributed by atoms with van der Waals surface area (Å²) in [5.74, 6) is 3.44. The number of methoxy groups -OCH3 is 2. The molecule has 296 valence electrons. The first-order valence-electron chi connectivity index (χ1n) is 19.1. The molecule has 2 aliphatic carbocycles. The fraction of sp³-hybridized carbons (Fsp3) is 0.512. The molecule has 1 atom stereocenters. The Morgan fingerprint density at radius 3 is 1.91 bits per heavy atom. The van der Waals surface area contributed by atoms with Crippen LogP contribution < -0.4 is 18.9 Å². The fourth-order valence-corrected chi connectivity index (χ4v) is 8.37. The van der Waals surface area contributed by atoms with Crippen molar-refractivity contribution >= 4 is 5.84 Å². The van der Waals surface area contributed by atoms with Gasteiger partial charge in [0.2, 0.25) is 5.82 Å². The second-order valence-electron chi connectivity index (χ2n) is 15.8. The molecule has 3 N–H and O–H groups in total. The van der Waals surface area contributed by atoms with Gasteiger partial charge in [0.1, 0.15) is 5.56 Å². The van der Waals surface area contributed by atoms with Gasteiger partial charge in [-0.3, -0.25) is 0 Å². The van der Waals surface area contributed by atoms with E-state index < -0.39 is 0 Å². The molecule has 3 aliphatic rings. The summed E-state index contributed by atoms with van der Waals surface area (Å²) in [7, 11) is 3.35. The molecule has 0 amide bonds. The average Bonchev–Trinajstić information content (AvgIpc) is 3.85. The lowest BCUT2D eigenvalue weighted by Crippen LogP contribution is -2.27. The molecule has 0 radical (unpaired) electrons. The Balaban J connectivity index is 0.000000482. The van der Waals surface area contributed by atoms with Crippen molar-refractivity contribution in [3.63, 3.8) is 0 Å². The van der Waals surface area contributed by atoms with Crippen molar-refractivity contribution in [2.45, 2.75) is 117 Å². The third-order valence-corrected chi connectivity index (χ3v) is 11.2. The molecule has 0 saturated carbocycles. The van der Waals surface area contributed by atoms with Crippen molar-refractivity contribution < 1.29 is 23.7 Å². The maximum atomic E-state index is 7.75. The van der Waals surface area contributed by atoms with Gasteiger partial charge in [-0.25, -0.2) is 0 Å². The van der Waals surface area contributed by atoms with E-state index in [9.17, 15) is 0 Å². The summed E-state index contributed by atoms with van der Waals surface area (Å²) in [4.78, 5) is 6.13. The lowest BCUT2D eigenvalue weighted by atomic mass is 9.72. The Morgan fingerprint density at radius 1 is 0.857 bits per heavy atom. The lowest BCUT2D eigenvalue weighted by Gasteiger charge is -2.31. The Kier molecular flexibility index (Phi) is 12.2. The molecule has 0 saturated heterocycles. The number of rotatable bonds is 8. The van der Waals surface area contributed by atoms with E-state index >= 15 is 0 Å². The van der Waals surface area contributed by atoms with Gasteiger partial charge in [-0.15, -0.1) is 10.2 Å². The van der Waals surface area contributed by atoms with Crippen LogP contribution in [0.15, 0.2) is 34.5 Å². The zero-order valence-electron chi connectivity index (χ0n) is 34.5. The number of nitrogens with one attached hydrogen (secondary N) is 3. The number of amidine groups is 1. The van der Waals surface area contributed by atoms with Crippen molar-refractivity contribution in [3.8, 4) is 45.9 Å². The molecule has 0 bridgehead atoms. The van der Waals surface area contributed by atoms with Crippen molar-refractivity contribution in [3.05, 3.63) is 73.7 Å². The van der Waals surface area contributed by atoms with Gasteiger partial charge in [-0.05, 0) is 118 Å². The fourth-order valence-electron chi connectivity index (χ4n) is 8.37. The second kappa shape index (κ2) is 16.5. The van der Waals surface area contributed by atoms with Gasteiger partial charge in [0.15, 0.2) is 34.5 Å². The van der Waals surface area contributed by atoms with Crippen LogP contribution >= 0.6 is 0 Å². The molecule has 0 fully saturated rings. The highest BCUT2D eigenvalue weighted by molar-refractivity contribution is 6.02. The largest absolute Gasteiger partial charge is 0.493 e. The maximum absolute atomic E-state index is 7.75. The number of tetrazole rings is 1. The van der Waals surface area contributed by atoms with Gasteiger partial charge in [0, 0.05) is 16.9 Å². The minimum absolute atomic E-state index is 0.0897. The van der Waals surface area contributed by atoms with Crippen LogP contribution in [0, 0.1) is 24.9 Å². The monoisotopic (exact) mass is 764 g/mol. The highest BCUT2D eigenvalue weighted by Gasteiger charge is 2.57. The SMILES string of the molecule is CCCC.CCCCN=[N+]=[N-].COc1cc2c(cc1OC)C1(CC2(C)C)CC(C)(C)c2cc3c(cc21)Oc1c(c(C(N=N)=[N+]=N)c(C)c(C)c1-c1nn[nH]n1)O3. The molecule has 4 aromatic rings. The van der Waals surface area contributed by atoms with E-state index in [0.29, 0.717) is 52.2 Å². The van der Waals surface area contributed by atoms with Crippen molar-refractivity contribution in [2.75, 3.05) is 20.8 Å². The normalized spacial score (nSPS) is 17.1. The quantitative estimate of drug-likeness (QED) is 0.0346. The summed E-state index contributed by atoms with van der Waals surface area (Å²) in [5, 5.41) is 21.7. The summed E-state index contributed by atoms with van der Waals surface area (Å²) >= 11 is 0. The van der Waals surface area contributed by atoms with E-state index in [-0.39, 0.29) is 22.1 Å². The second-order valence-corrected chi connectivity index (χ2v) is 15.8. The molecule has 15 nitrogen and oxygen atoms in total. The molecule has 7 rings (SSSR count). The first kappa shape index (κ1) is 41.4. The predicted octanol–water partition coefficient (Wildman–Crippen LogP) is 11.0. The Hall–Kier alpha value is -5.78. The standard InChI is InChI=1S/C33H34N8O4.C4H9N3.C4H10/c1-15-16(2)26(30-38-40-41-39-30)28-27(25(15)29(36-34)37-35)44-23-10-18-20(12-24(23)45-28)33(14-32(18,5)6)13-31(3,4)17-9-21(42-7)22(43-8)11-19(17)33;1-2-3-4-6-7-5;1-3-4-2/h9-12,34-35H,13-14H2,1-8H3;2-4H2,1H3;3-4H2,1-2H3/p+1. The number of hydrogen-bond donors (Lipinski definition) is 3. The molecule has 2 heterocycles. The van der Waals surface area contributed by atoms with E-state index in [2.05, 4.69) is 113 Å². The molecule has 1 unspecified atom stereocenters. The zero-order chi connectivity index (χ0) is 41.0. The van der Waals surface area contributed by atoms with E-state index in [4.69, 9.17) is 35.5 Å². The van der Waals surface area contributed by atoms with Crippen LogP contribution in [0.1, 0.15) is 126 Å². The van der Waals surface area contributed by atoms with Gasteiger partial charge in [-0.1, -0.05) is 83.2 Å². The van der Waals surface area contributed by atoms with Gasteiger partial charge >= 0.3 is 5.84 Å². The molecule has 1 spiro atoms. The third kappa shape index (κ3) is 7.20. The van der Waals surface area contributed by atoms with Crippen molar-refractivity contribution in [1.29, 1.82) is 11.1 Å². The number of ether oxygens (including phenoxy) is 4. The highest BCUT2D eigenvalue weighted by atomic mass is 16.6. The molecule has 3 aromatic carbocycles. The van der Waals surface area contributed by atoms with E-state index in [1.165, 1.54) is 35.1 Å². The minimum Gasteiger partial charge on any atom is -0.493 e. The van der Waals surface area contributed by atoms with Crippen LogP contribution in [0.2, 0.25) is 0 Å². The zero-order valence-corrected chi connectivity index (χ0v) is 34.5. The number of unbranched alkanes of at least 4 members (excludes halogenated alkanes) is 2. The number of aromatic nitrogens is 4. The van der Waals surface area contributed by atoms with Crippen molar-refractivity contribution in [2.24, 2.45) is 10.2 Å². The summed E-state index contributed by atoms with van der Waals surface area (Å²) in [6.45, 7) is 20.0. The van der Waals surface area contributed by atoms with Crippen LogP contribution in [-0.2, 0) is 16.2 Å². The Morgan fingerprint density at radius 2 is 1.41 bits per heavy atom. The summed E-state index contributed by atoms with van der Waals surface area (Å²) in [6, 6.07) is 8.48. The Bertz CT molecular complexity index is 2220. The third-order valence-electron chi connectivity index (χ3n) is 11.2. The number of nitrogens with zero attached hydrogens (tertiary/aromatic N) is 8. The number of H-pyrrole nitrogens is 1. The van der Waals surface area contributed by atoms with Gasteiger partial charge in [0.05, 0.1) is 24.9 Å². The van der Waals surface area contributed by atoms with E-state index in [1.54, 1.807) is 14.2 Å². The first-order valence-corrected chi connectivity index (χ1v) is 19.1. The van der Waals surface area contributed by atoms with Crippen LogP contribution in [0.5, 0.6) is 34.5 Å². The molecule has 1 aromatic heterocycles. The molecular formula is C41H54N11O4+. The average molecular weight is 765 g/mol. The number of benzene rings is 3. The van der Waals surface area contributed by atoms with Gasteiger partial charge in [-0.2, -0.15) is 5.21 Å². The van der Waals surface area contributed by atoms with Crippen LogP contribution in [0.25, 0.3) is 21.8 Å². The smallest absolute Gasteiger partial charge is 0.480 e. The number of azide groups is 1. The summed E-state index contributed by atoms with van der Waals surface area (Å²) < 4.78 is 24.9. The van der Waals surface area contributed by atoms with E-state index in [1.807, 2.05) is 13.8 Å². The summed E-state index contributed by atoms with van der Waals surface area (Å²) in [6.07, 6.45) is 6.54.